The van der Waals surface area contributed by atoms with E-state index < -0.39 is 0 Å². The van der Waals surface area contributed by atoms with Gasteiger partial charge in [0.15, 0.2) is 0 Å². The summed E-state index contributed by atoms with van der Waals surface area (Å²) < 4.78 is 0. The maximum absolute atomic E-state index is 11.6. The Kier molecular flexibility index (Phi) is 6.06. The summed E-state index contributed by atoms with van der Waals surface area (Å²) in [6, 6.07) is 6.69. The van der Waals surface area contributed by atoms with E-state index in [4.69, 9.17) is 0 Å². The second-order valence-corrected chi connectivity index (χ2v) is 8.65. The number of allylic oxidation sites excluding steroid dienone is 2. The van der Waals surface area contributed by atoms with Gasteiger partial charge in [0.25, 0.3) is 0 Å². The van der Waals surface area contributed by atoms with Crippen molar-refractivity contribution in [2.45, 2.75) is 90.4 Å². The lowest BCUT2D eigenvalue weighted by Gasteiger charge is -2.42. The van der Waals surface area contributed by atoms with Crippen molar-refractivity contribution < 1.29 is 4.79 Å². The highest BCUT2D eigenvalue weighted by atomic mass is 16.1. The summed E-state index contributed by atoms with van der Waals surface area (Å²) in [6.07, 6.45) is 11.5. The number of rotatable bonds is 7. The molecule has 0 aliphatic heterocycles. The Bertz CT molecular complexity index is 604. The van der Waals surface area contributed by atoms with Gasteiger partial charge in [-0.1, -0.05) is 78.2 Å². The third-order valence-electron chi connectivity index (χ3n) is 5.74. The van der Waals surface area contributed by atoms with E-state index in [-0.39, 0.29) is 10.8 Å². The van der Waals surface area contributed by atoms with Crippen molar-refractivity contribution in [2.24, 2.45) is 0 Å². The van der Waals surface area contributed by atoms with Crippen molar-refractivity contribution in [1.29, 1.82) is 0 Å². The highest BCUT2D eigenvalue weighted by Gasteiger charge is 2.36. The van der Waals surface area contributed by atoms with Crippen LogP contribution in [0.15, 0.2) is 24.3 Å². The minimum Gasteiger partial charge on any atom is -0.298 e. The first kappa shape index (κ1) is 19.0. The first-order valence-corrected chi connectivity index (χ1v) is 9.62. The van der Waals surface area contributed by atoms with Gasteiger partial charge < -0.3 is 0 Å². The van der Waals surface area contributed by atoms with Crippen LogP contribution in [-0.4, -0.2) is 6.29 Å². The molecule has 1 aromatic rings. The van der Waals surface area contributed by atoms with Crippen molar-refractivity contribution in [1.82, 2.24) is 0 Å². The summed E-state index contributed by atoms with van der Waals surface area (Å²) in [5.41, 5.74) is 5.24. The lowest BCUT2D eigenvalue weighted by molar-refractivity contribution is -0.103. The van der Waals surface area contributed by atoms with Crippen LogP contribution in [0.25, 0.3) is 5.57 Å². The number of fused-ring (bicyclic) bond motifs is 1. The summed E-state index contributed by atoms with van der Waals surface area (Å²) in [6.45, 7) is 11.6. The Balaban J connectivity index is 2.28. The summed E-state index contributed by atoms with van der Waals surface area (Å²) in [5.74, 6) is 0. The molecule has 0 atom stereocenters. The van der Waals surface area contributed by atoms with Crippen molar-refractivity contribution in [2.75, 3.05) is 0 Å². The van der Waals surface area contributed by atoms with Gasteiger partial charge in [-0.3, -0.25) is 4.79 Å². The molecule has 1 aromatic carbocycles. The molecule has 1 aliphatic carbocycles. The Morgan fingerprint density at radius 3 is 2.29 bits per heavy atom. The van der Waals surface area contributed by atoms with E-state index in [1.54, 1.807) is 0 Å². The average Bonchev–Trinajstić information content (AvgIpc) is 2.55. The van der Waals surface area contributed by atoms with Crippen molar-refractivity contribution in [3.8, 4) is 0 Å². The highest BCUT2D eigenvalue weighted by molar-refractivity contribution is 6.06. The van der Waals surface area contributed by atoms with Crippen LogP contribution in [0.3, 0.4) is 0 Å². The van der Waals surface area contributed by atoms with E-state index in [1.165, 1.54) is 49.7 Å². The molecule has 0 spiro atoms. The minimum absolute atomic E-state index is 0.190. The minimum atomic E-state index is 0.190. The molecule has 1 nitrogen and oxygen atoms in total. The standard InChI is InChI=1S/C23H34O/c1-6-7-8-9-10-11-19(17-24)18-12-13-20-21(16-18)23(4,5)15-14-22(20,2)3/h11-13,16-17H,6-10,14-15H2,1-5H3/b19-11-. The number of carbonyl (C=O) groups is 1. The van der Waals surface area contributed by atoms with Crippen LogP contribution in [0.1, 0.15) is 96.3 Å². The zero-order valence-corrected chi connectivity index (χ0v) is 16.2. The molecule has 0 saturated carbocycles. The molecule has 0 radical (unpaired) electrons. The monoisotopic (exact) mass is 326 g/mol. The molecule has 2 rings (SSSR count). The van der Waals surface area contributed by atoms with E-state index in [2.05, 4.69) is 58.9 Å². The number of carbonyl (C=O) groups excluding carboxylic acids is 1. The summed E-state index contributed by atoms with van der Waals surface area (Å²) in [7, 11) is 0. The largest absolute Gasteiger partial charge is 0.298 e. The Labute approximate surface area is 148 Å². The smallest absolute Gasteiger partial charge is 0.150 e. The van der Waals surface area contributed by atoms with Crippen LogP contribution in [0.4, 0.5) is 0 Å². The Morgan fingerprint density at radius 1 is 1.00 bits per heavy atom. The van der Waals surface area contributed by atoms with E-state index in [0.717, 1.165) is 23.8 Å². The van der Waals surface area contributed by atoms with E-state index in [9.17, 15) is 4.79 Å². The molecule has 0 fully saturated rings. The third kappa shape index (κ3) is 4.18. The fourth-order valence-corrected chi connectivity index (χ4v) is 3.83. The maximum Gasteiger partial charge on any atom is 0.150 e. The second-order valence-electron chi connectivity index (χ2n) is 8.65. The van der Waals surface area contributed by atoms with Crippen LogP contribution < -0.4 is 0 Å². The lowest BCUT2D eigenvalue weighted by atomic mass is 9.63. The maximum atomic E-state index is 11.6. The molecule has 0 N–H and O–H groups in total. The van der Waals surface area contributed by atoms with Gasteiger partial charge >= 0.3 is 0 Å². The van der Waals surface area contributed by atoms with Crippen LogP contribution in [-0.2, 0) is 15.6 Å². The van der Waals surface area contributed by atoms with Gasteiger partial charge in [0.05, 0.1) is 0 Å². The van der Waals surface area contributed by atoms with Crippen LogP contribution >= 0.6 is 0 Å². The third-order valence-corrected chi connectivity index (χ3v) is 5.74. The molecule has 24 heavy (non-hydrogen) atoms. The number of unbranched alkanes of at least 4 members (excludes halogenated alkanes) is 4. The normalized spacial score (nSPS) is 19.0. The van der Waals surface area contributed by atoms with Crippen molar-refractivity contribution in [3.63, 3.8) is 0 Å². The number of aldehydes is 1. The Hall–Kier alpha value is -1.37. The fourth-order valence-electron chi connectivity index (χ4n) is 3.83. The topological polar surface area (TPSA) is 17.1 Å². The van der Waals surface area contributed by atoms with Crippen molar-refractivity contribution >= 4 is 11.9 Å². The van der Waals surface area contributed by atoms with Gasteiger partial charge in [-0.2, -0.15) is 0 Å². The quantitative estimate of drug-likeness (QED) is 0.314. The predicted octanol–water partition coefficient (Wildman–Crippen LogP) is 6.59. The van der Waals surface area contributed by atoms with Crippen LogP contribution in [0, 0.1) is 0 Å². The molecule has 0 unspecified atom stereocenters. The van der Waals surface area contributed by atoms with Gasteiger partial charge in [-0.15, -0.1) is 0 Å². The summed E-state index contributed by atoms with van der Waals surface area (Å²) in [5, 5.41) is 0. The number of hydrogen-bond donors (Lipinski definition) is 0. The van der Waals surface area contributed by atoms with Gasteiger partial charge in [-0.25, -0.2) is 0 Å². The first-order chi connectivity index (χ1) is 11.3. The second kappa shape index (κ2) is 7.68. The Morgan fingerprint density at radius 2 is 1.67 bits per heavy atom. The molecular formula is C23H34O. The molecule has 132 valence electrons. The van der Waals surface area contributed by atoms with Gasteiger partial charge in [0.2, 0.25) is 0 Å². The van der Waals surface area contributed by atoms with Gasteiger partial charge in [0.1, 0.15) is 6.29 Å². The highest BCUT2D eigenvalue weighted by Crippen LogP contribution is 2.46. The molecule has 0 saturated heterocycles. The number of benzene rings is 1. The molecule has 0 aromatic heterocycles. The molecule has 0 amide bonds. The molecule has 1 aliphatic rings. The number of hydrogen-bond acceptors (Lipinski definition) is 1. The fraction of sp³-hybridized carbons (Fsp3) is 0.609. The van der Waals surface area contributed by atoms with Gasteiger partial charge in [0, 0.05) is 5.57 Å². The van der Waals surface area contributed by atoms with Crippen LogP contribution in [0.5, 0.6) is 0 Å². The van der Waals surface area contributed by atoms with E-state index >= 15 is 0 Å². The summed E-state index contributed by atoms with van der Waals surface area (Å²) in [4.78, 5) is 11.6. The first-order valence-electron chi connectivity index (χ1n) is 9.62. The lowest BCUT2D eigenvalue weighted by Crippen LogP contribution is -2.33. The summed E-state index contributed by atoms with van der Waals surface area (Å²) >= 11 is 0. The molecule has 1 heteroatoms. The average molecular weight is 327 g/mol. The molecule has 0 bridgehead atoms. The zero-order chi connectivity index (χ0) is 17.8. The van der Waals surface area contributed by atoms with Crippen molar-refractivity contribution in [3.05, 3.63) is 41.0 Å². The zero-order valence-electron chi connectivity index (χ0n) is 16.2. The molecular weight excluding hydrogens is 292 g/mol. The van der Waals surface area contributed by atoms with E-state index in [1.807, 2.05) is 0 Å². The molecule has 0 heterocycles. The van der Waals surface area contributed by atoms with E-state index in [0.29, 0.717) is 0 Å². The SMILES string of the molecule is CCCCCC/C=C(/C=O)c1ccc2c(c1)C(C)(C)CCC2(C)C. The predicted molar refractivity (Wildman–Crippen MR) is 105 cm³/mol. The van der Waals surface area contributed by atoms with Crippen LogP contribution in [0.2, 0.25) is 0 Å². The van der Waals surface area contributed by atoms with Gasteiger partial charge in [-0.05, 0) is 53.2 Å².